The monoisotopic (exact) mass is 254 g/mol. The quantitative estimate of drug-likeness (QED) is 0.629. The molecule has 108 valence electrons. The van der Waals surface area contributed by atoms with E-state index in [4.69, 9.17) is 0 Å². The molecule has 1 aliphatic heterocycles. The highest BCUT2D eigenvalue weighted by Gasteiger charge is 2.24. The SMILES string of the molecule is CCCCCCCCN1CC(CC)NCC1CC. The Morgan fingerprint density at radius 3 is 2.33 bits per heavy atom. The fourth-order valence-corrected chi connectivity index (χ4v) is 2.97. The fraction of sp³-hybridized carbons (Fsp3) is 1.00. The van der Waals surface area contributed by atoms with Crippen LogP contribution < -0.4 is 5.32 Å². The molecule has 18 heavy (non-hydrogen) atoms. The van der Waals surface area contributed by atoms with Crippen LogP contribution in [-0.2, 0) is 0 Å². The number of rotatable bonds is 9. The molecule has 1 saturated heterocycles. The zero-order chi connectivity index (χ0) is 13.2. The van der Waals surface area contributed by atoms with Gasteiger partial charge in [0, 0.05) is 25.2 Å². The molecule has 0 aliphatic carbocycles. The summed E-state index contributed by atoms with van der Waals surface area (Å²) in [5.74, 6) is 0. The van der Waals surface area contributed by atoms with Crippen molar-refractivity contribution >= 4 is 0 Å². The van der Waals surface area contributed by atoms with Gasteiger partial charge in [0.25, 0.3) is 0 Å². The van der Waals surface area contributed by atoms with Crippen molar-refractivity contribution in [2.24, 2.45) is 0 Å². The molecule has 0 bridgehead atoms. The zero-order valence-electron chi connectivity index (χ0n) is 12.9. The van der Waals surface area contributed by atoms with Crippen LogP contribution in [0.4, 0.5) is 0 Å². The third kappa shape index (κ3) is 5.71. The van der Waals surface area contributed by atoms with Crippen molar-refractivity contribution in [1.29, 1.82) is 0 Å². The summed E-state index contributed by atoms with van der Waals surface area (Å²) in [7, 11) is 0. The molecule has 2 heteroatoms. The van der Waals surface area contributed by atoms with E-state index < -0.39 is 0 Å². The summed E-state index contributed by atoms with van der Waals surface area (Å²) in [6.45, 7) is 10.7. The van der Waals surface area contributed by atoms with Gasteiger partial charge in [-0.15, -0.1) is 0 Å². The standard InChI is InChI=1S/C16H34N2/c1-4-7-8-9-10-11-12-18-14-15(5-2)17-13-16(18)6-3/h15-17H,4-14H2,1-3H3. The Bertz CT molecular complexity index is 194. The van der Waals surface area contributed by atoms with E-state index in [0.717, 1.165) is 12.1 Å². The molecule has 0 aromatic carbocycles. The van der Waals surface area contributed by atoms with Crippen LogP contribution in [0.2, 0.25) is 0 Å². The van der Waals surface area contributed by atoms with Crippen molar-refractivity contribution in [1.82, 2.24) is 10.2 Å². The van der Waals surface area contributed by atoms with Crippen molar-refractivity contribution < 1.29 is 0 Å². The van der Waals surface area contributed by atoms with Crippen LogP contribution >= 0.6 is 0 Å². The second kappa shape index (κ2) is 9.80. The van der Waals surface area contributed by atoms with Crippen LogP contribution in [0.3, 0.4) is 0 Å². The summed E-state index contributed by atoms with van der Waals surface area (Å²) in [4.78, 5) is 2.74. The van der Waals surface area contributed by atoms with Gasteiger partial charge in [-0.25, -0.2) is 0 Å². The van der Waals surface area contributed by atoms with Crippen LogP contribution in [-0.4, -0.2) is 36.6 Å². The molecular weight excluding hydrogens is 220 g/mol. The molecule has 2 atom stereocenters. The van der Waals surface area contributed by atoms with Gasteiger partial charge in [-0.1, -0.05) is 52.9 Å². The van der Waals surface area contributed by atoms with Gasteiger partial charge >= 0.3 is 0 Å². The summed E-state index contributed by atoms with van der Waals surface area (Å²) in [5.41, 5.74) is 0. The molecule has 0 saturated carbocycles. The van der Waals surface area contributed by atoms with E-state index in [1.165, 1.54) is 71.0 Å². The third-order valence-corrected chi connectivity index (χ3v) is 4.38. The second-order valence-corrected chi connectivity index (χ2v) is 5.84. The van der Waals surface area contributed by atoms with Gasteiger partial charge in [-0.2, -0.15) is 0 Å². The minimum absolute atomic E-state index is 0.730. The Hall–Kier alpha value is -0.0800. The molecular formula is C16H34N2. The highest BCUT2D eigenvalue weighted by molar-refractivity contribution is 4.84. The maximum atomic E-state index is 3.68. The molecule has 0 aromatic rings. The van der Waals surface area contributed by atoms with Gasteiger partial charge in [0.05, 0.1) is 0 Å². The Balaban J connectivity index is 2.16. The van der Waals surface area contributed by atoms with Crippen molar-refractivity contribution in [3.05, 3.63) is 0 Å². The molecule has 2 nitrogen and oxygen atoms in total. The van der Waals surface area contributed by atoms with Crippen molar-refractivity contribution in [3.63, 3.8) is 0 Å². The van der Waals surface area contributed by atoms with E-state index in [1.54, 1.807) is 0 Å². The fourth-order valence-electron chi connectivity index (χ4n) is 2.97. The van der Waals surface area contributed by atoms with Crippen LogP contribution in [0.25, 0.3) is 0 Å². The number of nitrogens with one attached hydrogen (secondary N) is 1. The summed E-state index contributed by atoms with van der Waals surface area (Å²) in [5, 5.41) is 3.68. The first-order valence-corrected chi connectivity index (χ1v) is 8.29. The lowest BCUT2D eigenvalue weighted by Crippen LogP contribution is -2.56. The van der Waals surface area contributed by atoms with Gasteiger partial charge in [-0.05, 0) is 25.8 Å². The molecule has 0 amide bonds. The summed E-state index contributed by atoms with van der Waals surface area (Å²) in [6, 6.07) is 1.51. The number of unbranched alkanes of at least 4 members (excludes halogenated alkanes) is 5. The molecule has 0 aromatic heterocycles. The Kier molecular flexibility index (Phi) is 8.70. The number of hydrogen-bond acceptors (Lipinski definition) is 2. The minimum atomic E-state index is 0.730. The maximum absolute atomic E-state index is 3.68. The average Bonchev–Trinajstić information content (AvgIpc) is 2.42. The van der Waals surface area contributed by atoms with E-state index in [0.29, 0.717) is 0 Å². The first-order chi connectivity index (χ1) is 8.81. The topological polar surface area (TPSA) is 15.3 Å². The highest BCUT2D eigenvalue weighted by Crippen LogP contribution is 2.14. The molecule has 0 spiro atoms. The molecule has 1 aliphatic rings. The number of nitrogens with zero attached hydrogens (tertiary/aromatic N) is 1. The molecule has 1 heterocycles. The zero-order valence-corrected chi connectivity index (χ0v) is 12.9. The van der Waals surface area contributed by atoms with E-state index in [2.05, 4.69) is 31.0 Å². The van der Waals surface area contributed by atoms with Gasteiger partial charge in [0.15, 0.2) is 0 Å². The van der Waals surface area contributed by atoms with Crippen molar-refractivity contribution in [2.75, 3.05) is 19.6 Å². The molecule has 0 radical (unpaired) electrons. The molecule has 1 N–H and O–H groups in total. The Labute approximate surface area is 115 Å². The van der Waals surface area contributed by atoms with Gasteiger partial charge in [-0.3, -0.25) is 4.90 Å². The number of hydrogen-bond donors (Lipinski definition) is 1. The molecule has 1 fully saturated rings. The lowest BCUT2D eigenvalue weighted by molar-refractivity contribution is 0.122. The lowest BCUT2D eigenvalue weighted by Gasteiger charge is -2.40. The largest absolute Gasteiger partial charge is 0.311 e. The second-order valence-electron chi connectivity index (χ2n) is 5.84. The van der Waals surface area contributed by atoms with Gasteiger partial charge in [0.2, 0.25) is 0 Å². The van der Waals surface area contributed by atoms with Crippen LogP contribution in [0.15, 0.2) is 0 Å². The van der Waals surface area contributed by atoms with E-state index in [9.17, 15) is 0 Å². The number of piperazine rings is 1. The Morgan fingerprint density at radius 1 is 0.944 bits per heavy atom. The lowest BCUT2D eigenvalue weighted by atomic mass is 10.0. The summed E-state index contributed by atoms with van der Waals surface area (Å²) >= 11 is 0. The van der Waals surface area contributed by atoms with E-state index in [1.807, 2.05) is 0 Å². The van der Waals surface area contributed by atoms with Crippen LogP contribution in [0, 0.1) is 0 Å². The van der Waals surface area contributed by atoms with Crippen LogP contribution in [0.1, 0.15) is 72.1 Å². The smallest absolute Gasteiger partial charge is 0.0218 e. The molecule has 2 unspecified atom stereocenters. The minimum Gasteiger partial charge on any atom is -0.311 e. The predicted molar refractivity (Wildman–Crippen MR) is 81.1 cm³/mol. The van der Waals surface area contributed by atoms with Gasteiger partial charge in [0.1, 0.15) is 0 Å². The average molecular weight is 254 g/mol. The molecule has 1 rings (SSSR count). The van der Waals surface area contributed by atoms with Crippen molar-refractivity contribution in [3.8, 4) is 0 Å². The first kappa shape index (κ1) is 16.0. The van der Waals surface area contributed by atoms with Crippen molar-refractivity contribution in [2.45, 2.75) is 84.2 Å². The van der Waals surface area contributed by atoms with Crippen LogP contribution in [0.5, 0.6) is 0 Å². The normalized spacial score (nSPS) is 25.5. The van der Waals surface area contributed by atoms with Gasteiger partial charge < -0.3 is 5.32 Å². The predicted octanol–water partition coefficient (Wildman–Crippen LogP) is 3.81. The maximum Gasteiger partial charge on any atom is 0.0218 e. The summed E-state index contributed by atoms with van der Waals surface area (Å²) < 4.78 is 0. The first-order valence-electron chi connectivity index (χ1n) is 8.29. The highest BCUT2D eigenvalue weighted by atomic mass is 15.2. The van der Waals surface area contributed by atoms with E-state index in [-0.39, 0.29) is 0 Å². The third-order valence-electron chi connectivity index (χ3n) is 4.38. The summed E-state index contributed by atoms with van der Waals surface area (Å²) in [6.07, 6.45) is 11.0. The Morgan fingerprint density at radius 2 is 1.67 bits per heavy atom. The van der Waals surface area contributed by atoms with E-state index >= 15 is 0 Å².